The number of esters is 1. The van der Waals surface area contributed by atoms with E-state index in [0.29, 0.717) is 24.8 Å². The van der Waals surface area contributed by atoms with E-state index in [0.717, 1.165) is 38.5 Å². The van der Waals surface area contributed by atoms with E-state index in [9.17, 15) is 19.5 Å². The van der Waals surface area contributed by atoms with Gasteiger partial charge in [-0.3, -0.25) is 14.9 Å². The number of imide groups is 1. The number of carbonyl (C=O) groups is 3. The first kappa shape index (κ1) is 17.2. The van der Waals surface area contributed by atoms with E-state index in [1.165, 1.54) is 0 Å². The molecule has 0 aliphatic heterocycles. The van der Waals surface area contributed by atoms with E-state index in [4.69, 9.17) is 4.74 Å². The summed E-state index contributed by atoms with van der Waals surface area (Å²) in [4.78, 5) is 35.7. The van der Waals surface area contributed by atoms with Gasteiger partial charge in [-0.25, -0.2) is 4.79 Å². The van der Waals surface area contributed by atoms with E-state index in [-0.39, 0.29) is 0 Å². The molecule has 4 fully saturated rings. The first-order valence-corrected chi connectivity index (χ1v) is 8.81. The third kappa shape index (κ3) is 3.41. The van der Waals surface area contributed by atoms with Crippen molar-refractivity contribution in [2.24, 2.45) is 17.3 Å². The molecule has 4 aliphatic carbocycles. The lowest BCUT2D eigenvalue weighted by Crippen LogP contribution is -2.58. The number of amides is 3. The number of carbonyl (C=O) groups excluding carboxylic acids is 3. The molecule has 0 heterocycles. The van der Waals surface area contributed by atoms with Gasteiger partial charge in [-0.15, -0.1) is 0 Å². The van der Waals surface area contributed by atoms with Crippen molar-refractivity contribution in [1.82, 2.24) is 10.6 Å². The highest BCUT2D eigenvalue weighted by Gasteiger charge is 2.60. The predicted molar refractivity (Wildman–Crippen MR) is 84.9 cm³/mol. The molecule has 24 heavy (non-hydrogen) atoms. The van der Waals surface area contributed by atoms with Gasteiger partial charge >= 0.3 is 12.0 Å². The van der Waals surface area contributed by atoms with Crippen LogP contribution in [-0.2, 0) is 14.3 Å². The van der Waals surface area contributed by atoms with Gasteiger partial charge in [0.1, 0.15) is 0 Å². The highest BCUT2D eigenvalue weighted by molar-refractivity contribution is 5.95. The van der Waals surface area contributed by atoms with Crippen molar-refractivity contribution in [2.45, 2.75) is 57.5 Å². The maximum Gasteiger partial charge on any atom is 0.321 e. The van der Waals surface area contributed by atoms with Gasteiger partial charge in [0.05, 0.1) is 11.0 Å². The molecule has 7 nitrogen and oxygen atoms in total. The molecule has 4 saturated carbocycles. The Labute approximate surface area is 141 Å². The Morgan fingerprint density at radius 2 is 1.83 bits per heavy atom. The number of hydrogen-bond donors (Lipinski definition) is 3. The fourth-order valence-corrected chi connectivity index (χ4v) is 5.18. The molecule has 7 heteroatoms. The average Bonchev–Trinajstić information content (AvgIpc) is 2.48. The van der Waals surface area contributed by atoms with Gasteiger partial charge in [0, 0.05) is 6.54 Å². The largest absolute Gasteiger partial charge is 0.455 e. The fraction of sp³-hybridized carbons (Fsp3) is 0.824. The fourth-order valence-electron chi connectivity index (χ4n) is 5.18. The van der Waals surface area contributed by atoms with Gasteiger partial charge in [0.25, 0.3) is 5.91 Å². The van der Waals surface area contributed by atoms with Crippen LogP contribution < -0.4 is 10.6 Å². The van der Waals surface area contributed by atoms with Crippen LogP contribution in [-0.4, -0.2) is 41.8 Å². The molecule has 0 aromatic heterocycles. The summed E-state index contributed by atoms with van der Waals surface area (Å²) < 4.78 is 5.20. The minimum absolute atomic E-state index is 0.373. The van der Waals surface area contributed by atoms with Crippen LogP contribution in [0, 0.1) is 17.3 Å². The minimum atomic E-state index is -0.745. The molecule has 3 N–H and O–H groups in total. The quantitative estimate of drug-likeness (QED) is 0.651. The lowest BCUT2D eigenvalue weighted by atomic mass is 9.48. The lowest BCUT2D eigenvalue weighted by Gasteiger charge is -2.58. The van der Waals surface area contributed by atoms with E-state index in [2.05, 4.69) is 10.6 Å². The molecule has 0 radical (unpaired) electrons. The second-order valence-electron chi connectivity index (χ2n) is 7.85. The molecule has 2 atom stereocenters. The average molecular weight is 338 g/mol. The van der Waals surface area contributed by atoms with Crippen molar-refractivity contribution in [3.8, 4) is 0 Å². The van der Waals surface area contributed by atoms with Gasteiger partial charge in [-0.1, -0.05) is 6.92 Å². The first-order chi connectivity index (χ1) is 11.3. The summed E-state index contributed by atoms with van der Waals surface area (Å²) in [6.07, 6.45) is 5.31. The predicted octanol–water partition coefficient (Wildman–Crippen LogP) is 1.10. The second-order valence-corrected chi connectivity index (χ2v) is 7.85. The Morgan fingerprint density at radius 1 is 1.17 bits per heavy atom. The summed E-state index contributed by atoms with van der Waals surface area (Å²) in [5, 5.41) is 15.3. The molecular weight excluding hydrogens is 312 g/mol. The lowest BCUT2D eigenvalue weighted by molar-refractivity contribution is -0.196. The van der Waals surface area contributed by atoms with Crippen molar-refractivity contribution in [1.29, 1.82) is 0 Å². The molecule has 4 aliphatic rings. The molecule has 134 valence electrons. The van der Waals surface area contributed by atoms with Gasteiger partial charge in [0.2, 0.25) is 0 Å². The smallest absolute Gasteiger partial charge is 0.321 e. The number of ether oxygens (including phenoxy) is 1. The Kier molecular flexibility index (Phi) is 4.55. The SMILES string of the molecule is CCCNC(=O)NC(=O)COC(=O)C12CC3CC(CC(O)(C3)C1)C2. The minimum Gasteiger partial charge on any atom is -0.455 e. The molecule has 2 unspecified atom stereocenters. The molecule has 0 aromatic rings. The first-order valence-electron chi connectivity index (χ1n) is 8.81. The van der Waals surface area contributed by atoms with Crippen molar-refractivity contribution in [3.63, 3.8) is 0 Å². The number of urea groups is 1. The van der Waals surface area contributed by atoms with Crippen LogP contribution in [0.25, 0.3) is 0 Å². The number of nitrogens with one attached hydrogen (secondary N) is 2. The summed E-state index contributed by atoms with van der Waals surface area (Å²) in [6, 6.07) is -0.581. The van der Waals surface area contributed by atoms with Crippen LogP contribution in [0.1, 0.15) is 51.9 Å². The summed E-state index contributed by atoms with van der Waals surface area (Å²) in [6.45, 7) is 1.92. The number of aliphatic hydroxyl groups is 1. The normalized spacial score (nSPS) is 36.2. The number of rotatable bonds is 5. The molecular formula is C17H26N2O5. The molecule has 3 amide bonds. The zero-order chi connectivity index (χ0) is 17.4. The van der Waals surface area contributed by atoms with E-state index in [1.807, 2.05) is 6.92 Å². The van der Waals surface area contributed by atoms with E-state index in [1.54, 1.807) is 0 Å². The molecule has 0 aromatic carbocycles. The van der Waals surface area contributed by atoms with Crippen LogP contribution in [0.5, 0.6) is 0 Å². The Bertz CT molecular complexity index is 533. The molecule has 0 saturated heterocycles. The Morgan fingerprint density at radius 3 is 2.42 bits per heavy atom. The van der Waals surface area contributed by atoms with Crippen molar-refractivity contribution >= 4 is 17.9 Å². The van der Waals surface area contributed by atoms with Crippen molar-refractivity contribution in [2.75, 3.05) is 13.2 Å². The van der Waals surface area contributed by atoms with E-state index >= 15 is 0 Å². The highest BCUT2D eigenvalue weighted by Crippen LogP contribution is 2.61. The standard InChI is InChI=1S/C17H26N2O5/c1-2-3-18-15(22)19-13(20)9-24-14(21)16-5-11-4-12(6-16)8-17(23,7-11)10-16/h11-12,23H,2-10H2,1H3,(H2,18,19,20,22). The number of hydrogen-bond acceptors (Lipinski definition) is 5. The third-order valence-corrected chi connectivity index (χ3v) is 5.59. The van der Waals surface area contributed by atoms with Gasteiger partial charge in [0.15, 0.2) is 6.61 Å². The summed E-state index contributed by atoms with van der Waals surface area (Å²) in [5.74, 6) is -0.297. The van der Waals surface area contributed by atoms with Crippen LogP contribution >= 0.6 is 0 Å². The highest BCUT2D eigenvalue weighted by atomic mass is 16.5. The maximum absolute atomic E-state index is 12.6. The van der Waals surface area contributed by atoms with Crippen LogP contribution in [0.2, 0.25) is 0 Å². The van der Waals surface area contributed by atoms with Crippen molar-refractivity contribution < 1.29 is 24.2 Å². The van der Waals surface area contributed by atoms with Crippen LogP contribution in [0.15, 0.2) is 0 Å². The third-order valence-electron chi connectivity index (χ3n) is 5.59. The summed E-state index contributed by atoms with van der Waals surface area (Å²) >= 11 is 0. The molecule has 4 rings (SSSR count). The Balaban J connectivity index is 1.52. The van der Waals surface area contributed by atoms with E-state index < -0.39 is 35.5 Å². The van der Waals surface area contributed by atoms with Gasteiger partial charge in [-0.2, -0.15) is 0 Å². The van der Waals surface area contributed by atoms with Crippen LogP contribution in [0.3, 0.4) is 0 Å². The topological polar surface area (TPSA) is 105 Å². The maximum atomic E-state index is 12.6. The van der Waals surface area contributed by atoms with Gasteiger partial charge in [-0.05, 0) is 56.8 Å². The monoisotopic (exact) mass is 338 g/mol. The molecule has 4 bridgehead atoms. The Hall–Kier alpha value is -1.63. The zero-order valence-corrected chi connectivity index (χ0v) is 14.1. The second kappa shape index (κ2) is 6.35. The zero-order valence-electron chi connectivity index (χ0n) is 14.1. The summed E-state index contributed by atoms with van der Waals surface area (Å²) in [7, 11) is 0. The van der Waals surface area contributed by atoms with Gasteiger partial charge < -0.3 is 15.2 Å². The summed E-state index contributed by atoms with van der Waals surface area (Å²) in [5.41, 5.74) is -1.39. The van der Waals surface area contributed by atoms with Crippen LogP contribution in [0.4, 0.5) is 4.79 Å². The molecule has 0 spiro atoms. The van der Waals surface area contributed by atoms with Crippen molar-refractivity contribution in [3.05, 3.63) is 0 Å².